The maximum Gasteiger partial charge on any atom is 0.243 e. The number of nitrogens with one attached hydrogen (secondary N) is 1. The SMILES string of the molecule is CCNC(=O)[C@H](Cc1ccccc1)N(Cc1cccc(C)c1)C(=O)Cc1ccccc1C. The molecule has 0 radical (unpaired) electrons. The Balaban J connectivity index is 1.96. The lowest BCUT2D eigenvalue weighted by molar-refractivity contribution is -0.140. The number of hydrogen-bond donors (Lipinski definition) is 1. The molecule has 0 saturated carbocycles. The zero-order valence-electron chi connectivity index (χ0n) is 19.2. The summed E-state index contributed by atoms with van der Waals surface area (Å²) in [5.41, 5.74) is 5.24. The van der Waals surface area contributed by atoms with Gasteiger partial charge in [0.2, 0.25) is 11.8 Å². The van der Waals surface area contributed by atoms with Crippen LogP contribution in [0.15, 0.2) is 78.9 Å². The van der Waals surface area contributed by atoms with Crippen molar-refractivity contribution in [2.45, 2.75) is 46.2 Å². The van der Waals surface area contributed by atoms with Crippen molar-refractivity contribution in [2.24, 2.45) is 0 Å². The van der Waals surface area contributed by atoms with Gasteiger partial charge in [-0.3, -0.25) is 9.59 Å². The molecule has 0 aliphatic carbocycles. The molecule has 0 spiro atoms. The van der Waals surface area contributed by atoms with Crippen LogP contribution in [0.25, 0.3) is 0 Å². The summed E-state index contributed by atoms with van der Waals surface area (Å²) < 4.78 is 0. The molecule has 1 atom stereocenters. The molecule has 3 rings (SSSR count). The summed E-state index contributed by atoms with van der Waals surface area (Å²) in [6.07, 6.45) is 0.737. The number of likely N-dealkylation sites (N-methyl/N-ethyl adjacent to an activating group) is 1. The van der Waals surface area contributed by atoms with E-state index in [1.165, 1.54) is 0 Å². The Kier molecular flexibility index (Phi) is 8.20. The predicted octanol–water partition coefficient (Wildman–Crippen LogP) is 4.62. The minimum atomic E-state index is -0.589. The van der Waals surface area contributed by atoms with E-state index in [0.29, 0.717) is 19.5 Å². The molecule has 3 aromatic carbocycles. The molecule has 4 heteroatoms. The summed E-state index contributed by atoms with van der Waals surface area (Å²) in [5.74, 6) is -0.171. The van der Waals surface area contributed by atoms with Crippen LogP contribution in [0.3, 0.4) is 0 Å². The van der Waals surface area contributed by atoms with Gasteiger partial charge in [-0.2, -0.15) is 0 Å². The van der Waals surface area contributed by atoms with Crippen molar-refractivity contribution in [2.75, 3.05) is 6.54 Å². The van der Waals surface area contributed by atoms with Gasteiger partial charge < -0.3 is 10.2 Å². The van der Waals surface area contributed by atoms with E-state index in [-0.39, 0.29) is 18.2 Å². The van der Waals surface area contributed by atoms with Gasteiger partial charge in [0.25, 0.3) is 0 Å². The van der Waals surface area contributed by atoms with Gasteiger partial charge in [-0.25, -0.2) is 0 Å². The first-order chi connectivity index (χ1) is 15.5. The van der Waals surface area contributed by atoms with E-state index in [1.807, 2.05) is 93.6 Å². The lowest BCUT2D eigenvalue weighted by atomic mass is 10.00. The standard InChI is InChI=1S/C28H32N2O2/c1-4-29-28(32)26(18-23-13-6-5-7-14-23)30(20-24-15-10-11-21(2)17-24)27(31)19-25-16-9-8-12-22(25)3/h5-17,26H,4,18-20H2,1-3H3,(H,29,32)/t26-/m0/s1. The summed E-state index contributed by atoms with van der Waals surface area (Å²) in [6.45, 7) is 6.86. The Morgan fingerprint density at radius 1 is 0.875 bits per heavy atom. The second kappa shape index (κ2) is 11.3. The summed E-state index contributed by atoms with van der Waals surface area (Å²) in [4.78, 5) is 28.6. The van der Waals surface area contributed by atoms with Crippen LogP contribution in [0, 0.1) is 13.8 Å². The molecule has 1 N–H and O–H groups in total. The molecule has 0 heterocycles. The molecule has 3 aromatic rings. The van der Waals surface area contributed by atoms with Crippen molar-refractivity contribution >= 4 is 11.8 Å². The molecule has 0 fully saturated rings. The monoisotopic (exact) mass is 428 g/mol. The Morgan fingerprint density at radius 3 is 2.25 bits per heavy atom. The zero-order valence-corrected chi connectivity index (χ0v) is 19.2. The number of hydrogen-bond acceptors (Lipinski definition) is 2. The largest absolute Gasteiger partial charge is 0.355 e. The van der Waals surface area contributed by atoms with Gasteiger partial charge in [0.1, 0.15) is 6.04 Å². The minimum Gasteiger partial charge on any atom is -0.355 e. The van der Waals surface area contributed by atoms with Gasteiger partial charge in [0.05, 0.1) is 6.42 Å². The molecule has 0 aliphatic rings. The van der Waals surface area contributed by atoms with E-state index in [0.717, 1.165) is 27.8 Å². The first-order valence-corrected chi connectivity index (χ1v) is 11.2. The zero-order chi connectivity index (χ0) is 22.9. The van der Waals surface area contributed by atoms with E-state index < -0.39 is 6.04 Å². The lowest BCUT2D eigenvalue weighted by Crippen LogP contribution is -2.51. The fraction of sp³-hybridized carbons (Fsp3) is 0.286. The summed E-state index contributed by atoms with van der Waals surface area (Å²) in [7, 11) is 0. The number of rotatable bonds is 9. The van der Waals surface area contributed by atoms with Crippen molar-refractivity contribution < 1.29 is 9.59 Å². The summed E-state index contributed by atoms with van der Waals surface area (Å²) in [6, 6.07) is 25.3. The third-order valence-electron chi connectivity index (χ3n) is 5.66. The third kappa shape index (κ3) is 6.30. The highest BCUT2D eigenvalue weighted by Crippen LogP contribution is 2.18. The van der Waals surface area contributed by atoms with Gasteiger partial charge >= 0.3 is 0 Å². The normalized spacial score (nSPS) is 11.6. The Labute approximate surface area is 191 Å². The average Bonchev–Trinajstić information content (AvgIpc) is 2.78. The van der Waals surface area contributed by atoms with Gasteiger partial charge in [-0.1, -0.05) is 84.4 Å². The number of amides is 2. The van der Waals surface area contributed by atoms with Crippen molar-refractivity contribution in [1.29, 1.82) is 0 Å². The average molecular weight is 429 g/mol. The highest BCUT2D eigenvalue weighted by atomic mass is 16.2. The van der Waals surface area contributed by atoms with Crippen molar-refractivity contribution in [1.82, 2.24) is 10.2 Å². The Morgan fingerprint density at radius 2 is 1.56 bits per heavy atom. The van der Waals surface area contributed by atoms with Gasteiger partial charge in [0.15, 0.2) is 0 Å². The minimum absolute atomic E-state index is 0.0482. The highest BCUT2D eigenvalue weighted by molar-refractivity contribution is 5.88. The second-order valence-electron chi connectivity index (χ2n) is 8.21. The molecule has 4 nitrogen and oxygen atoms in total. The van der Waals surface area contributed by atoms with Crippen LogP contribution in [0.4, 0.5) is 0 Å². The van der Waals surface area contributed by atoms with Crippen molar-refractivity contribution in [3.05, 3.63) is 107 Å². The highest BCUT2D eigenvalue weighted by Gasteiger charge is 2.30. The Hall–Kier alpha value is -3.40. The smallest absolute Gasteiger partial charge is 0.243 e. The maximum absolute atomic E-state index is 13.6. The fourth-order valence-electron chi connectivity index (χ4n) is 3.93. The third-order valence-corrected chi connectivity index (χ3v) is 5.66. The number of carbonyl (C=O) groups is 2. The van der Waals surface area contributed by atoms with E-state index >= 15 is 0 Å². The first kappa shape index (κ1) is 23.3. The lowest BCUT2D eigenvalue weighted by Gasteiger charge is -2.32. The molecule has 0 aromatic heterocycles. The van der Waals surface area contributed by atoms with Gasteiger partial charge in [0, 0.05) is 19.5 Å². The number of aryl methyl sites for hydroxylation is 2. The summed E-state index contributed by atoms with van der Waals surface area (Å²) >= 11 is 0. The second-order valence-corrected chi connectivity index (χ2v) is 8.21. The maximum atomic E-state index is 13.6. The van der Waals surface area contributed by atoms with E-state index in [1.54, 1.807) is 4.90 Å². The predicted molar refractivity (Wildman–Crippen MR) is 129 cm³/mol. The van der Waals surface area contributed by atoms with Crippen LogP contribution in [0.1, 0.15) is 34.7 Å². The van der Waals surface area contributed by atoms with E-state index in [9.17, 15) is 9.59 Å². The molecular weight excluding hydrogens is 396 g/mol. The van der Waals surface area contributed by atoms with E-state index in [2.05, 4.69) is 11.4 Å². The number of nitrogens with zero attached hydrogens (tertiary/aromatic N) is 1. The van der Waals surface area contributed by atoms with Crippen LogP contribution in [-0.2, 0) is 29.0 Å². The fourth-order valence-corrected chi connectivity index (χ4v) is 3.93. The van der Waals surface area contributed by atoms with Crippen molar-refractivity contribution in [3.8, 4) is 0 Å². The van der Waals surface area contributed by atoms with Crippen LogP contribution >= 0.6 is 0 Å². The molecule has 0 saturated heterocycles. The first-order valence-electron chi connectivity index (χ1n) is 11.2. The molecule has 0 unspecified atom stereocenters. The summed E-state index contributed by atoms with van der Waals surface area (Å²) in [5, 5.41) is 2.94. The van der Waals surface area contributed by atoms with Crippen molar-refractivity contribution in [3.63, 3.8) is 0 Å². The Bertz CT molecular complexity index is 1050. The van der Waals surface area contributed by atoms with Crippen LogP contribution in [0.5, 0.6) is 0 Å². The van der Waals surface area contributed by atoms with Crippen LogP contribution in [-0.4, -0.2) is 29.3 Å². The molecule has 0 bridgehead atoms. The van der Waals surface area contributed by atoms with Crippen LogP contribution < -0.4 is 5.32 Å². The molecule has 32 heavy (non-hydrogen) atoms. The quantitative estimate of drug-likeness (QED) is 0.541. The van der Waals surface area contributed by atoms with Gasteiger partial charge in [-0.05, 0) is 43.0 Å². The molecular formula is C28H32N2O2. The topological polar surface area (TPSA) is 49.4 Å². The van der Waals surface area contributed by atoms with Gasteiger partial charge in [-0.15, -0.1) is 0 Å². The van der Waals surface area contributed by atoms with E-state index in [4.69, 9.17) is 0 Å². The number of benzene rings is 3. The number of carbonyl (C=O) groups excluding carboxylic acids is 2. The van der Waals surface area contributed by atoms with Crippen LogP contribution in [0.2, 0.25) is 0 Å². The molecule has 2 amide bonds. The molecule has 166 valence electrons. The molecule has 0 aliphatic heterocycles.